The van der Waals surface area contributed by atoms with Gasteiger partial charge in [-0.25, -0.2) is 0 Å². The van der Waals surface area contributed by atoms with Gasteiger partial charge in [0.25, 0.3) is 0 Å². The van der Waals surface area contributed by atoms with Crippen LogP contribution in [0.25, 0.3) is 0 Å². The number of allylic oxidation sites excluding steroid dienone is 2. The van der Waals surface area contributed by atoms with Gasteiger partial charge in [0.1, 0.15) is 0 Å². The number of imide groups is 1. The van der Waals surface area contributed by atoms with Gasteiger partial charge in [0.05, 0.1) is 11.8 Å². The fourth-order valence-corrected chi connectivity index (χ4v) is 5.21. The molecule has 8 heteroatoms. The second-order valence-corrected chi connectivity index (χ2v) is 9.46. The first-order valence-electron chi connectivity index (χ1n) is 11.7. The van der Waals surface area contributed by atoms with Crippen LogP contribution in [-0.2, 0) is 22.7 Å². The molecule has 1 aromatic rings. The molecular formula is C25H36IN5O2. The molecular weight excluding hydrogens is 529 g/mol. The molecule has 1 heterocycles. The van der Waals surface area contributed by atoms with Crippen molar-refractivity contribution in [3.05, 3.63) is 47.5 Å². The van der Waals surface area contributed by atoms with E-state index in [1.807, 2.05) is 0 Å². The molecule has 4 atom stereocenters. The monoisotopic (exact) mass is 565 g/mol. The minimum absolute atomic E-state index is 0. The number of rotatable bonds is 8. The number of nitrogens with zero attached hydrogens (tertiary/aromatic N) is 3. The Bertz CT molecular complexity index is 901. The molecule has 2 amide bonds. The van der Waals surface area contributed by atoms with Gasteiger partial charge in [0.15, 0.2) is 5.96 Å². The lowest BCUT2D eigenvalue weighted by molar-refractivity contribution is -0.140. The van der Waals surface area contributed by atoms with E-state index in [0.717, 1.165) is 13.0 Å². The summed E-state index contributed by atoms with van der Waals surface area (Å²) < 4.78 is 0. The number of fused-ring (bicyclic) bond motifs is 5. The number of benzene rings is 1. The van der Waals surface area contributed by atoms with Crippen LogP contribution in [0.1, 0.15) is 31.4 Å². The predicted molar refractivity (Wildman–Crippen MR) is 141 cm³/mol. The zero-order valence-corrected chi connectivity index (χ0v) is 22.3. The third-order valence-electron chi connectivity index (χ3n) is 7.28. The van der Waals surface area contributed by atoms with Crippen molar-refractivity contribution in [1.29, 1.82) is 0 Å². The number of halogens is 1. The van der Waals surface area contributed by atoms with Crippen molar-refractivity contribution in [2.45, 2.75) is 39.4 Å². The lowest BCUT2D eigenvalue weighted by atomic mass is 9.85. The van der Waals surface area contributed by atoms with E-state index in [-0.39, 0.29) is 59.5 Å². The van der Waals surface area contributed by atoms with Crippen LogP contribution in [0.15, 0.2) is 41.4 Å². The van der Waals surface area contributed by atoms with E-state index in [1.54, 1.807) is 7.05 Å². The van der Waals surface area contributed by atoms with Crippen molar-refractivity contribution >= 4 is 41.8 Å². The summed E-state index contributed by atoms with van der Waals surface area (Å²) in [7, 11) is 3.86. The van der Waals surface area contributed by atoms with Crippen LogP contribution in [0, 0.1) is 23.7 Å². The van der Waals surface area contributed by atoms with Gasteiger partial charge in [0.2, 0.25) is 11.8 Å². The summed E-state index contributed by atoms with van der Waals surface area (Å²) in [4.78, 5) is 33.7. The number of likely N-dealkylation sites (tertiary alicyclic amines) is 1. The summed E-state index contributed by atoms with van der Waals surface area (Å²) in [6.07, 6.45) is 5.21. The third-order valence-corrected chi connectivity index (χ3v) is 7.28. The molecule has 180 valence electrons. The lowest BCUT2D eigenvalue weighted by Crippen LogP contribution is -2.43. The topological polar surface area (TPSA) is 77.0 Å². The smallest absolute Gasteiger partial charge is 0.233 e. The highest BCUT2D eigenvalue weighted by Gasteiger charge is 2.58. The van der Waals surface area contributed by atoms with Gasteiger partial charge in [-0.15, -0.1) is 24.0 Å². The number of aliphatic imine (C=N–C) groups is 1. The average Bonchev–Trinajstić information content (AvgIpc) is 3.46. The molecule has 7 nitrogen and oxygen atoms in total. The molecule has 4 unspecified atom stereocenters. The SMILES string of the molecule is CN=C(NCCN1C(=O)C2C3C=CC(C3)C2C1=O)NCc1ccccc1CN(C)C(C)C.I. The first kappa shape index (κ1) is 25.7. The van der Waals surface area contributed by atoms with Crippen molar-refractivity contribution in [2.24, 2.45) is 28.7 Å². The van der Waals surface area contributed by atoms with E-state index in [9.17, 15) is 9.59 Å². The predicted octanol–water partition coefficient (Wildman–Crippen LogP) is 2.62. The van der Waals surface area contributed by atoms with Crippen LogP contribution in [0.2, 0.25) is 0 Å². The highest BCUT2D eigenvalue weighted by atomic mass is 127. The summed E-state index contributed by atoms with van der Waals surface area (Å²) in [6, 6.07) is 8.89. The van der Waals surface area contributed by atoms with Gasteiger partial charge in [-0.2, -0.15) is 0 Å². The van der Waals surface area contributed by atoms with Crippen LogP contribution in [-0.4, -0.2) is 60.8 Å². The summed E-state index contributed by atoms with van der Waals surface area (Å²) in [5.41, 5.74) is 2.51. The van der Waals surface area contributed by atoms with Gasteiger partial charge in [-0.1, -0.05) is 36.4 Å². The van der Waals surface area contributed by atoms with Crippen LogP contribution in [0.5, 0.6) is 0 Å². The Morgan fingerprint density at radius 3 is 2.27 bits per heavy atom. The fourth-order valence-electron chi connectivity index (χ4n) is 5.21. The second kappa shape index (κ2) is 11.0. The zero-order valence-electron chi connectivity index (χ0n) is 20.0. The van der Waals surface area contributed by atoms with E-state index in [4.69, 9.17) is 0 Å². The Balaban J connectivity index is 0.00000306. The van der Waals surface area contributed by atoms with E-state index in [0.29, 0.717) is 31.6 Å². The highest BCUT2D eigenvalue weighted by Crippen LogP contribution is 2.52. The maximum Gasteiger partial charge on any atom is 0.233 e. The van der Waals surface area contributed by atoms with Crippen LogP contribution in [0.4, 0.5) is 0 Å². The first-order valence-corrected chi connectivity index (χ1v) is 11.7. The third kappa shape index (κ3) is 5.26. The Hall–Kier alpha value is -1.94. The van der Waals surface area contributed by atoms with Crippen molar-refractivity contribution < 1.29 is 9.59 Å². The summed E-state index contributed by atoms with van der Waals surface area (Å²) in [5, 5.41) is 6.62. The molecule has 2 bridgehead atoms. The van der Waals surface area contributed by atoms with Gasteiger partial charge in [-0.05, 0) is 50.3 Å². The number of carbonyl (C=O) groups is 2. The fraction of sp³-hybridized carbons (Fsp3) is 0.560. The van der Waals surface area contributed by atoms with Crippen LogP contribution < -0.4 is 10.6 Å². The number of carbonyl (C=O) groups excluding carboxylic acids is 2. The molecule has 1 saturated carbocycles. The summed E-state index contributed by atoms with van der Waals surface area (Å²) >= 11 is 0. The Morgan fingerprint density at radius 2 is 1.70 bits per heavy atom. The molecule has 2 N–H and O–H groups in total. The van der Waals surface area contributed by atoms with E-state index in [2.05, 4.69) is 77.8 Å². The standard InChI is InChI=1S/C25H35N5O2.HI/c1-16(2)29(4)15-20-8-6-5-7-19(20)14-28-25(26-3)27-11-12-30-23(31)21-17-9-10-18(13-17)22(21)24(30)32;/h5-10,16-18,21-22H,11-15H2,1-4H3,(H2,26,27,28);1H. The highest BCUT2D eigenvalue weighted by molar-refractivity contribution is 14.0. The minimum Gasteiger partial charge on any atom is -0.355 e. The number of guanidine groups is 1. The lowest BCUT2D eigenvalue weighted by Gasteiger charge is -2.23. The van der Waals surface area contributed by atoms with Gasteiger partial charge < -0.3 is 10.6 Å². The van der Waals surface area contributed by atoms with Gasteiger partial charge in [0, 0.05) is 39.3 Å². The molecule has 0 aromatic heterocycles. The number of amides is 2. The molecule has 2 fully saturated rings. The van der Waals surface area contributed by atoms with Gasteiger partial charge in [-0.3, -0.25) is 24.4 Å². The summed E-state index contributed by atoms with van der Waals surface area (Å²) in [5.74, 6) is 0.922. The molecule has 2 aliphatic carbocycles. The first-order chi connectivity index (χ1) is 15.4. The maximum atomic E-state index is 12.8. The van der Waals surface area contributed by atoms with Crippen molar-refractivity contribution in [1.82, 2.24) is 20.4 Å². The number of hydrogen-bond donors (Lipinski definition) is 2. The summed E-state index contributed by atoms with van der Waals surface area (Å²) in [6.45, 7) is 6.79. The molecule has 1 saturated heterocycles. The van der Waals surface area contributed by atoms with Crippen molar-refractivity contribution in [3.8, 4) is 0 Å². The van der Waals surface area contributed by atoms with E-state index in [1.165, 1.54) is 16.0 Å². The number of nitrogens with one attached hydrogen (secondary N) is 2. The normalized spacial score (nSPS) is 25.8. The Kier molecular flexibility index (Phi) is 8.55. The van der Waals surface area contributed by atoms with Crippen molar-refractivity contribution in [2.75, 3.05) is 27.2 Å². The largest absolute Gasteiger partial charge is 0.355 e. The molecule has 4 rings (SSSR count). The Labute approximate surface area is 214 Å². The quantitative estimate of drug-likeness (QED) is 0.167. The Morgan fingerprint density at radius 1 is 1.09 bits per heavy atom. The molecule has 0 spiro atoms. The second-order valence-electron chi connectivity index (χ2n) is 9.46. The maximum absolute atomic E-state index is 12.8. The average molecular weight is 566 g/mol. The minimum atomic E-state index is -0.129. The van der Waals surface area contributed by atoms with Crippen LogP contribution in [0.3, 0.4) is 0 Å². The van der Waals surface area contributed by atoms with E-state index < -0.39 is 0 Å². The molecule has 1 aliphatic heterocycles. The molecule has 1 aromatic carbocycles. The zero-order chi connectivity index (χ0) is 22.8. The van der Waals surface area contributed by atoms with Crippen LogP contribution >= 0.6 is 24.0 Å². The van der Waals surface area contributed by atoms with Gasteiger partial charge >= 0.3 is 0 Å². The molecule has 33 heavy (non-hydrogen) atoms. The van der Waals surface area contributed by atoms with E-state index >= 15 is 0 Å². The number of hydrogen-bond acceptors (Lipinski definition) is 4. The van der Waals surface area contributed by atoms with Crippen molar-refractivity contribution in [3.63, 3.8) is 0 Å². The molecule has 0 radical (unpaired) electrons. The molecule has 3 aliphatic rings.